The third-order valence-corrected chi connectivity index (χ3v) is 9.25. The number of aliphatic hydroxyl groups is 1. The predicted octanol–water partition coefficient (Wildman–Crippen LogP) is 3.76. The van der Waals surface area contributed by atoms with Crippen molar-refractivity contribution in [2.24, 2.45) is 34.5 Å². The molecule has 0 aliphatic heterocycles. The Kier molecular flexibility index (Phi) is 7.39. The molecule has 6 nitrogen and oxygen atoms in total. The number of pyridine rings is 1. The summed E-state index contributed by atoms with van der Waals surface area (Å²) in [5, 5.41) is 15.1. The van der Waals surface area contributed by atoms with Crippen molar-refractivity contribution in [3.05, 3.63) is 48.2 Å². The second-order valence-electron chi connectivity index (χ2n) is 10.8. The summed E-state index contributed by atoms with van der Waals surface area (Å²) in [5.41, 5.74) is 1.23. The molecule has 0 spiro atoms. The third-order valence-electron chi connectivity index (χ3n) is 9.25. The molecule has 2 N–H and O–H groups in total. The van der Waals surface area contributed by atoms with E-state index in [-0.39, 0.29) is 28.6 Å². The minimum absolute atomic E-state index is 0.102. The number of fused-ring (bicyclic) bond motifs is 5. The molecule has 34 heavy (non-hydrogen) atoms. The van der Waals surface area contributed by atoms with Gasteiger partial charge >= 0.3 is 0 Å². The van der Waals surface area contributed by atoms with E-state index >= 15 is 0 Å². The lowest BCUT2D eigenvalue weighted by Gasteiger charge is -2.59. The Balaban J connectivity index is 0.00000133. The first-order chi connectivity index (χ1) is 16.4. The van der Waals surface area contributed by atoms with Gasteiger partial charge in [-0.15, -0.1) is 0 Å². The van der Waals surface area contributed by atoms with Crippen molar-refractivity contribution in [1.82, 2.24) is 10.3 Å². The van der Waals surface area contributed by atoms with Crippen LogP contribution in [0.2, 0.25) is 0 Å². The van der Waals surface area contributed by atoms with E-state index in [0.717, 1.165) is 32.4 Å². The Morgan fingerprint density at radius 1 is 1.24 bits per heavy atom. The number of carbonyl (C=O) groups excluding carboxylic acids is 2. The van der Waals surface area contributed by atoms with Gasteiger partial charge in [0.2, 0.25) is 5.88 Å². The quantitative estimate of drug-likeness (QED) is 0.621. The average molecular weight is 467 g/mol. The van der Waals surface area contributed by atoms with Crippen LogP contribution in [0.15, 0.2) is 48.2 Å². The first kappa shape index (κ1) is 24.8. The first-order valence-electron chi connectivity index (χ1n) is 12.6. The summed E-state index contributed by atoms with van der Waals surface area (Å²) in [6, 6.07) is 5.70. The lowest BCUT2D eigenvalue weighted by Crippen LogP contribution is -2.56. The second kappa shape index (κ2) is 10.1. The number of rotatable bonds is 6. The van der Waals surface area contributed by atoms with Crippen LogP contribution in [0.3, 0.4) is 0 Å². The normalized spacial score (nSPS) is 38.0. The fourth-order valence-electron chi connectivity index (χ4n) is 7.70. The van der Waals surface area contributed by atoms with Gasteiger partial charge in [-0.2, -0.15) is 0 Å². The molecule has 3 fully saturated rings. The van der Waals surface area contributed by atoms with E-state index in [1.54, 1.807) is 12.3 Å². The number of nitrogens with zero attached hydrogens (tertiary/aromatic N) is 1. The molecule has 0 bridgehead atoms. The predicted molar refractivity (Wildman–Crippen MR) is 131 cm³/mol. The standard InChI is InChI=1S/C27H36N2O3.CH2O/c1-26-11-10-20(30)15-18(26)6-8-21-22-9-7-19(27(22,2)16-23(31)25(21)26)17-28-13-14-32-24-5-3-4-12-29-24;1-2/h3-5,10-12,15,19,21-23,25,28,31H,6-9,13-14,16-17H2,1-2H3;1H2. The lowest BCUT2D eigenvalue weighted by atomic mass is 9.47. The number of aliphatic hydroxyl groups excluding tert-OH is 1. The molecule has 4 aliphatic rings. The number of hydrogen-bond donors (Lipinski definition) is 2. The molecule has 0 radical (unpaired) electrons. The molecule has 6 heteroatoms. The largest absolute Gasteiger partial charge is 0.476 e. The Morgan fingerprint density at radius 2 is 2.06 bits per heavy atom. The molecule has 0 saturated heterocycles. The Morgan fingerprint density at radius 3 is 2.82 bits per heavy atom. The summed E-state index contributed by atoms with van der Waals surface area (Å²) in [5.74, 6) is 2.75. The molecule has 1 heterocycles. The highest BCUT2D eigenvalue weighted by Crippen LogP contribution is 2.65. The number of nitrogens with one attached hydrogen (secondary N) is 1. The van der Waals surface area contributed by atoms with Crippen molar-refractivity contribution in [1.29, 1.82) is 0 Å². The zero-order chi connectivity index (χ0) is 24.3. The number of hydrogen-bond acceptors (Lipinski definition) is 6. The van der Waals surface area contributed by atoms with Gasteiger partial charge in [-0.1, -0.05) is 31.6 Å². The molecule has 184 valence electrons. The van der Waals surface area contributed by atoms with Crippen LogP contribution in [0.5, 0.6) is 5.88 Å². The number of aromatic nitrogens is 1. The van der Waals surface area contributed by atoms with E-state index in [1.165, 1.54) is 18.4 Å². The lowest BCUT2D eigenvalue weighted by molar-refractivity contribution is -0.118. The van der Waals surface area contributed by atoms with E-state index < -0.39 is 0 Å². The van der Waals surface area contributed by atoms with Crippen LogP contribution in [-0.2, 0) is 9.59 Å². The molecule has 1 aromatic heterocycles. The molecular weight excluding hydrogens is 428 g/mol. The second-order valence-corrected chi connectivity index (χ2v) is 10.8. The van der Waals surface area contributed by atoms with E-state index in [9.17, 15) is 9.90 Å². The zero-order valence-corrected chi connectivity index (χ0v) is 20.4. The Labute approximate surface area is 202 Å². The van der Waals surface area contributed by atoms with Crippen molar-refractivity contribution in [3.8, 4) is 5.88 Å². The summed E-state index contributed by atoms with van der Waals surface area (Å²) >= 11 is 0. The monoisotopic (exact) mass is 466 g/mol. The fraction of sp³-hybridized carbons (Fsp3) is 0.607. The van der Waals surface area contributed by atoms with Crippen molar-refractivity contribution >= 4 is 12.6 Å². The molecular formula is C28H38N2O4. The van der Waals surface area contributed by atoms with Gasteiger partial charge in [0, 0.05) is 30.1 Å². The van der Waals surface area contributed by atoms with Gasteiger partial charge in [0.1, 0.15) is 13.4 Å². The molecule has 7 atom stereocenters. The summed E-state index contributed by atoms with van der Waals surface area (Å²) in [6.45, 7) is 9.05. The summed E-state index contributed by atoms with van der Waals surface area (Å²) in [4.78, 5) is 24.2. The number of allylic oxidation sites excluding steroid dienone is 4. The Hall–Kier alpha value is -2.31. The van der Waals surface area contributed by atoms with Gasteiger partial charge in [0.25, 0.3) is 0 Å². The summed E-state index contributed by atoms with van der Waals surface area (Å²) in [7, 11) is 0. The Bertz CT molecular complexity index is 932. The topological polar surface area (TPSA) is 88.5 Å². The van der Waals surface area contributed by atoms with Gasteiger partial charge in [-0.3, -0.25) is 4.79 Å². The summed E-state index contributed by atoms with van der Waals surface area (Å²) in [6.07, 6.45) is 12.5. The zero-order valence-electron chi connectivity index (χ0n) is 20.4. The third kappa shape index (κ3) is 4.38. The number of carbonyl (C=O) groups is 2. The van der Waals surface area contributed by atoms with Gasteiger partial charge < -0.3 is 20.0 Å². The molecule has 0 aromatic carbocycles. The van der Waals surface area contributed by atoms with E-state index in [2.05, 4.69) is 30.2 Å². The molecule has 1 aromatic rings. The van der Waals surface area contributed by atoms with Gasteiger partial charge in [0.05, 0.1) is 6.10 Å². The van der Waals surface area contributed by atoms with Gasteiger partial charge in [0.15, 0.2) is 5.78 Å². The summed E-state index contributed by atoms with van der Waals surface area (Å²) < 4.78 is 5.71. The highest BCUT2D eigenvalue weighted by Gasteiger charge is 2.61. The van der Waals surface area contributed by atoms with Crippen molar-refractivity contribution in [3.63, 3.8) is 0 Å². The maximum Gasteiger partial charge on any atom is 0.213 e. The van der Waals surface area contributed by atoms with Crippen LogP contribution in [0, 0.1) is 34.5 Å². The number of ether oxygens (including phenoxy) is 1. The van der Waals surface area contributed by atoms with Crippen molar-refractivity contribution < 1.29 is 19.4 Å². The van der Waals surface area contributed by atoms with Crippen LogP contribution >= 0.6 is 0 Å². The van der Waals surface area contributed by atoms with Crippen molar-refractivity contribution in [2.45, 2.75) is 52.1 Å². The van der Waals surface area contributed by atoms with Gasteiger partial charge in [-0.25, -0.2) is 4.98 Å². The molecule has 0 amide bonds. The fourth-order valence-corrected chi connectivity index (χ4v) is 7.70. The SMILES string of the molecule is C=O.CC12C=CC(=O)C=C1CCC1C2C(O)CC2(C)C(CNCCOc3ccccn3)CCC12. The maximum absolute atomic E-state index is 12.0. The van der Waals surface area contributed by atoms with Crippen LogP contribution in [0.25, 0.3) is 0 Å². The average Bonchev–Trinajstić information content (AvgIpc) is 3.16. The maximum atomic E-state index is 12.0. The first-order valence-corrected chi connectivity index (χ1v) is 12.6. The number of ketones is 1. The van der Waals surface area contributed by atoms with Crippen LogP contribution in [0.4, 0.5) is 0 Å². The van der Waals surface area contributed by atoms with Gasteiger partial charge in [-0.05, 0) is 80.0 Å². The smallest absolute Gasteiger partial charge is 0.213 e. The van der Waals surface area contributed by atoms with Crippen LogP contribution in [0.1, 0.15) is 46.0 Å². The van der Waals surface area contributed by atoms with Crippen LogP contribution in [-0.4, -0.2) is 48.5 Å². The molecule has 4 aliphatic carbocycles. The van der Waals surface area contributed by atoms with E-state index in [1.807, 2.05) is 31.1 Å². The minimum Gasteiger partial charge on any atom is -0.476 e. The van der Waals surface area contributed by atoms with E-state index in [4.69, 9.17) is 9.53 Å². The minimum atomic E-state index is -0.319. The van der Waals surface area contributed by atoms with E-state index in [0.29, 0.717) is 30.2 Å². The molecule has 7 unspecified atom stereocenters. The van der Waals surface area contributed by atoms with Crippen molar-refractivity contribution in [2.75, 3.05) is 19.7 Å². The molecule has 3 saturated carbocycles. The highest BCUT2D eigenvalue weighted by atomic mass is 16.5. The molecule has 5 rings (SSSR count). The van der Waals surface area contributed by atoms with Crippen LogP contribution < -0.4 is 10.1 Å². The highest BCUT2D eigenvalue weighted by molar-refractivity contribution is 6.01.